The Kier molecular flexibility index (Phi) is 9.65. The summed E-state index contributed by atoms with van der Waals surface area (Å²) in [6.45, 7) is 3.49. The highest BCUT2D eigenvalue weighted by Crippen LogP contribution is 2.29. The molecule has 8 nitrogen and oxygen atoms in total. The minimum Gasteiger partial charge on any atom is -0.360 e. The van der Waals surface area contributed by atoms with E-state index in [-0.39, 0.29) is 16.6 Å². The first-order valence-corrected chi connectivity index (χ1v) is 13.7. The van der Waals surface area contributed by atoms with Gasteiger partial charge in [0.2, 0.25) is 5.91 Å². The summed E-state index contributed by atoms with van der Waals surface area (Å²) in [6, 6.07) is 22.2. The Hall–Kier alpha value is -4.05. The van der Waals surface area contributed by atoms with Crippen LogP contribution in [0.3, 0.4) is 0 Å². The number of carbonyl (C=O) groups excluding carboxylic acids is 3. The Labute approximate surface area is 245 Å². The van der Waals surface area contributed by atoms with Gasteiger partial charge in [-0.2, -0.15) is 0 Å². The SMILES string of the molecule is Cc1cc(NC(=O)C(C)Sc2cccc(NC(=O)/C(=C\c3cccc(Cl)c3Cl)NC(=O)c3ccccc3)c2)no1. The maximum Gasteiger partial charge on any atom is 0.272 e. The Morgan fingerprint density at radius 3 is 2.42 bits per heavy atom. The van der Waals surface area contributed by atoms with Gasteiger partial charge in [-0.05, 0) is 61.9 Å². The molecule has 0 spiro atoms. The van der Waals surface area contributed by atoms with Crippen molar-refractivity contribution in [1.29, 1.82) is 0 Å². The zero-order valence-electron chi connectivity index (χ0n) is 21.4. The number of thioether (sulfide) groups is 1. The highest BCUT2D eigenvalue weighted by molar-refractivity contribution is 8.00. The summed E-state index contributed by atoms with van der Waals surface area (Å²) in [5.74, 6) is -0.362. The summed E-state index contributed by atoms with van der Waals surface area (Å²) in [6.07, 6.45) is 1.46. The number of hydrogen-bond donors (Lipinski definition) is 3. The average Bonchev–Trinajstić information content (AvgIpc) is 3.35. The number of nitrogens with zero attached hydrogens (tertiary/aromatic N) is 1. The first-order valence-electron chi connectivity index (χ1n) is 12.0. The largest absolute Gasteiger partial charge is 0.360 e. The lowest BCUT2D eigenvalue weighted by Crippen LogP contribution is -2.30. The first kappa shape index (κ1) is 28.9. The minimum atomic E-state index is -0.574. The van der Waals surface area contributed by atoms with Crippen molar-refractivity contribution in [1.82, 2.24) is 10.5 Å². The maximum atomic E-state index is 13.4. The zero-order chi connectivity index (χ0) is 28.6. The van der Waals surface area contributed by atoms with Crippen LogP contribution in [0.25, 0.3) is 6.08 Å². The number of aromatic nitrogens is 1. The number of rotatable bonds is 9. The topological polar surface area (TPSA) is 113 Å². The number of hydrogen-bond acceptors (Lipinski definition) is 6. The number of amides is 3. The van der Waals surface area contributed by atoms with E-state index in [2.05, 4.69) is 21.1 Å². The average molecular weight is 596 g/mol. The van der Waals surface area contributed by atoms with Crippen LogP contribution in [0, 0.1) is 6.92 Å². The molecule has 4 rings (SSSR count). The Morgan fingerprint density at radius 1 is 0.950 bits per heavy atom. The molecule has 0 fully saturated rings. The van der Waals surface area contributed by atoms with E-state index in [0.717, 1.165) is 4.90 Å². The molecule has 0 saturated carbocycles. The Balaban J connectivity index is 1.51. The number of halogens is 2. The third-order valence-electron chi connectivity index (χ3n) is 5.46. The molecule has 1 atom stereocenters. The molecule has 4 aromatic rings. The number of carbonyl (C=O) groups is 3. The quantitative estimate of drug-likeness (QED) is 0.145. The monoisotopic (exact) mass is 594 g/mol. The molecule has 3 N–H and O–H groups in total. The summed E-state index contributed by atoms with van der Waals surface area (Å²) in [5.41, 5.74) is 1.27. The number of anilines is 2. The summed E-state index contributed by atoms with van der Waals surface area (Å²) in [7, 11) is 0. The highest BCUT2D eigenvalue weighted by Gasteiger charge is 2.18. The molecule has 0 aliphatic rings. The van der Waals surface area contributed by atoms with Gasteiger partial charge >= 0.3 is 0 Å². The molecule has 0 aliphatic heterocycles. The standard InChI is InChI=1S/C29H24Cl2N4O4S/c1-17-14-25(35-39-17)34-27(36)18(2)40-22-12-7-11-21(16-22)32-29(38)24(15-20-10-6-13-23(30)26(20)31)33-28(37)19-8-4-3-5-9-19/h3-16,18H,1-2H3,(H,32,38)(H,33,37)(H,34,35,36)/b24-15+. The molecule has 204 valence electrons. The van der Waals surface area contributed by atoms with Crippen LogP contribution < -0.4 is 16.0 Å². The van der Waals surface area contributed by atoms with E-state index < -0.39 is 17.1 Å². The molecule has 0 saturated heterocycles. The Morgan fingerprint density at radius 2 is 1.70 bits per heavy atom. The van der Waals surface area contributed by atoms with Gasteiger partial charge in [-0.1, -0.05) is 64.8 Å². The second-order valence-electron chi connectivity index (χ2n) is 8.58. The second kappa shape index (κ2) is 13.3. The summed E-state index contributed by atoms with van der Waals surface area (Å²) in [4.78, 5) is 39.6. The van der Waals surface area contributed by atoms with E-state index in [9.17, 15) is 14.4 Å². The summed E-state index contributed by atoms with van der Waals surface area (Å²) < 4.78 is 4.98. The molecular weight excluding hydrogens is 571 g/mol. The molecule has 0 radical (unpaired) electrons. The van der Waals surface area contributed by atoms with Crippen LogP contribution in [0.4, 0.5) is 11.5 Å². The molecule has 1 heterocycles. The van der Waals surface area contributed by atoms with E-state index in [4.69, 9.17) is 27.7 Å². The molecule has 3 amide bonds. The van der Waals surface area contributed by atoms with E-state index in [0.29, 0.717) is 33.4 Å². The van der Waals surface area contributed by atoms with Gasteiger partial charge in [0.1, 0.15) is 11.5 Å². The van der Waals surface area contributed by atoms with Crippen LogP contribution in [0.15, 0.2) is 94.0 Å². The van der Waals surface area contributed by atoms with Gasteiger partial charge in [-0.3, -0.25) is 14.4 Å². The summed E-state index contributed by atoms with van der Waals surface area (Å²) in [5, 5.41) is 12.0. The summed E-state index contributed by atoms with van der Waals surface area (Å²) >= 11 is 13.8. The third kappa shape index (κ3) is 7.75. The van der Waals surface area contributed by atoms with E-state index in [1.54, 1.807) is 86.6 Å². The van der Waals surface area contributed by atoms with Crippen LogP contribution in [0.5, 0.6) is 0 Å². The van der Waals surface area contributed by atoms with Crippen LogP contribution in [0.1, 0.15) is 28.6 Å². The van der Waals surface area contributed by atoms with Crippen molar-refractivity contribution < 1.29 is 18.9 Å². The van der Waals surface area contributed by atoms with Crippen molar-refractivity contribution in [3.63, 3.8) is 0 Å². The van der Waals surface area contributed by atoms with Gasteiger partial charge in [0.25, 0.3) is 11.8 Å². The lowest BCUT2D eigenvalue weighted by atomic mass is 10.1. The van der Waals surface area contributed by atoms with Crippen molar-refractivity contribution in [3.05, 3.63) is 111 Å². The molecule has 1 aromatic heterocycles. The fraction of sp³-hybridized carbons (Fsp3) is 0.103. The van der Waals surface area contributed by atoms with Gasteiger partial charge < -0.3 is 20.5 Å². The van der Waals surface area contributed by atoms with Crippen molar-refractivity contribution in [3.8, 4) is 0 Å². The molecule has 3 aromatic carbocycles. The Bertz CT molecular complexity index is 1570. The van der Waals surface area contributed by atoms with Gasteiger partial charge in [0.15, 0.2) is 5.82 Å². The lowest BCUT2D eigenvalue weighted by Gasteiger charge is -2.14. The van der Waals surface area contributed by atoms with Crippen molar-refractivity contribution in [2.45, 2.75) is 24.0 Å². The van der Waals surface area contributed by atoms with Crippen LogP contribution in [-0.2, 0) is 9.59 Å². The van der Waals surface area contributed by atoms with Crippen LogP contribution in [0.2, 0.25) is 10.0 Å². The van der Waals surface area contributed by atoms with E-state index in [1.165, 1.54) is 17.8 Å². The number of aryl methyl sites for hydroxylation is 1. The van der Waals surface area contributed by atoms with E-state index in [1.807, 2.05) is 6.07 Å². The van der Waals surface area contributed by atoms with Gasteiger partial charge in [0.05, 0.1) is 15.3 Å². The zero-order valence-corrected chi connectivity index (χ0v) is 23.7. The van der Waals surface area contributed by atoms with Crippen molar-refractivity contribution in [2.75, 3.05) is 10.6 Å². The number of nitrogens with one attached hydrogen (secondary N) is 3. The maximum absolute atomic E-state index is 13.4. The predicted octanol–water partition coefficient (Wildman–Crippen LogP) is 6.82. The molecule has 0 aliphatic carbocycles. The van der Waals surface area contributed by atoms with Crippen LogP contribution >= 0.6 is 35.0 Å². The molecule has 40 heavy (non-hydrogen) atoms. The third-order valence-corrected chi connectivity index (χ3v) is 7.39. The smallest absolute Gasteiger partial charge is 0.272 e. The predicted molar refractivity (Wildman–Crippen MR) is 159 cm³/mol. The van der Waals surface area contributed by atoms with Gasteiger partial charge in [-0.15, -0.1) is 11.8 Å². The molecule has 0 bridgehead atoms. The first-order chi connectivity index (χ1) is 19.2. The van der Waals surface area contributed by atoms with E-state index >= 15 is 0 Å². The fourth-order valence-corrected chi connectivity index (χ4v) is 4.78. The molecular formula is C29H24Cl2N4O4S. The number of benzene rings is 3. The van der Waals surface area contributed by atoms with Crippen molar-refractivity contribution in [2.24, 2.45) is 0 Å². The normalized spacial score (nSPS) is 11.9. The minimum absolute atomic E-state index is 0.0354. The molecule has 1 unspecified atom stereocenters. The fourth-order valence-electron chi connectivity index (χ4n) is 3.49. The molecule has 11 heteroatoms. The van der Waals surface area contributed by atoms with Crippen LogP contribution in [-0.4, -0.2) is 28.1 Å². The lowest BCUT2D eigenvalue weighted by molar-refractivity contribution is -0.115. The highest BCUT2D eigenvalue weighted by atomic mass is 35.5. The second-order valence-corrected chi connectivity index (χ2v) is 10.8. The van der Waals surface area contributed by atoms with Gasteiger partial charge in [-0.25, -0.2) is 0 Å². The van der Waals surface area contributed by atoms with Crippen molar-refractivity contribution >= 4 is 70.3 Å². The van der Waals surface area contributed by atoms with Gasteiger partial charge in [0, 0.05) is 22.2 Å².